The number of aryl methyl sites for hydroxylation is 1. The van der Waals surface area contributed by atoms with Crippen LogP contribution in [0.1, 0.15) is 18.9 Å². The minimum atomic E-state index is 0.224. The number of anilines is 2. The molecule has 1 heterocycles. The molecule has 0 aliphatic rings. The van der Waals surface area contributed by atoms with Crippen molar-refractivity contribution in [2.24, 2.45) is 0 Å². The molecule has 0 aliphatic heterocycles. The molecule has 5 heteroatoms. The van der Waals surface area contributed by atoms with Crippen LogP contribution in [0.5, 0.6) is 5.88 Å². The lowest BCUT2D eigenvalue weighted by atomic mass is 10.1. The van der Waals surface area contributed by atoms with E-state index < -0.39 is 0 Å². The normalized spacial score (nSPS) is 10.2. The van der Waals surface area contributed by atoms with Crippen LogP contribution in [0.3, 0.4) is 0 Å². The van der Waals surface area contributed by atoms with Crippen LogP contribution in [0.15, 0.2) is 36.4 Å². The van der Waals surface area contributed by atoms with Gasteiger partial charge < -0.3 is 15.8 Å². The summed E-state index contributed by atoms with van der Waals surface area (Å²) in [6, 6.07) is 12.1. The maximum Gasteiger partial charge on any atom is 0.225 e. The summed E-state index contributed by atoms with van der Waals surface area (Å²) >= 11 is 0. The highest BCUT2D eigenvalue weighted by molar-refractivity contribution is 5.42. The number of nitrogen functional groups attached to an aromatic ring is 1. The summed E-state index contributed by atoms with van der Waals surface area (Å²) in [5, 5.41) is 3.09. The van der Waals surface area contributed by atoms with Gasteiger partial charge in [0, 0.05) is 12.6 Å². The Morgan fingerprint density at radius 1 is 1.20 bits per heavy atom. The molecular formula is C15H20N4O. The van der Waals surface area contributed by atoms with E-state index in [1.165, 1.54) is 5.56 Å². The molecule has 0 aliphatic carbocycles. The molecule has 0 fully saturated rings. The lowest BCUT2D eigenvalue weighted by Crippen LogP contribution is -2.07. The molecule has 3 N–H and O–H groups in total. The summed E-state index contributed by atoms with van der Waals surface area (Å²) in [6.45, 7) is 3.39. The third-order valence-corrected chi connectivity index (χ3v) is 2.78. The maximum atomic E-state index is 5.64. The number of nitrogens with zero attached hydrogens (tertiary/aromatic N) is 2. The molecule has 0 amide bonds. The fourth-order valence-corrected chi connectivity index (χ4v) is 1.89. The third-order valence-electron chi connectivity index (χ3n) is 2.78. The van der Waals surface area contributed by atoms with Crippen LogP contribution in [0.4, 0.5) is 11.8 Å². The van der Waals surface area contributed by atoms with E-state index >= 15 is 0 Å². The first kappa shape index (κ1) is 14.1. The molecule has 2 rings (SSSR count). The molecule has 1 aromatic heterocycles. The van der Waals surface area contributed by atoms with E-state index in [-0.39, 0.29) is 5.95 Å². The van der Waals surface area contributed by atoms with Crippen molar-refractivity contribution in [3.63, 3.8) is 0 Å². The number of ether oxygens (including phenoxy) is 1. The van der Waals surface area contributed by atoms with Crippen molar-refractivity contribution < 1.29 is 4.74 Å². The quantitative estimate of drug-likeness (QED) is 0.758. The molecule has 5 nitrogen and oxygen atoms in total. The zero-order valence-electron chi connectivity index (χ0n) is 11.7. The van der Waals surface area contributed by atoms with E-state index in [2.05, 4.69) is 27.4 Å². The van der Waals surface area contributed by atoms with Gasteiger partial charge in [0.1, 0.15) is 5.82 Å². The predicted molar refractivity (Wildman–Crippen MR) is 80.9 cm³/mol. The predicted octanol–water partition coefficient (Wildman–Crippen LogP) is 2.50. The van der Waals surface area contributed by atoms with Crippen LogP contribution in [0.2, 0.25) is 0 Å². The Morgan fingerprint density at radius 3 is 2.75 bits per heavy atom. The van der Waals surface area contributed by atoms with Gasteiger partial charge in [-0.2, -0.15) is 9.97 Å². The Kier molecular flexibility index (Phi) is 5.17. The Balaban J connectivity index is 1.81. The van der Waals surface area contributed by atoms with Crippen molar-refractivity contribution in [2.75, 3.05) is 24.2 Å². The van der Waals surface area contributed by atoms with Crippen LogP contribution < -0.4 is 15.8 Å². The van der Waals surface area contributed by atoms with Crippen LogP contribution in [0.25, 0.3) is 0 Å². The highest BCUT2D eigenvalue weighted by Gasteiger charge is 2.02. The van der Waals surface area contributed by atoms with Crippen molar-refractivity contribution in [3.8, 4) is 5.88 Å². The molecule has 0 saturated carbocycles. The van der Waals surface area contributed by atoms with Gasteiger partial charge in [0.2, 0.25) is 11.8 Å². The highest BCUT2D eigenvalue weighted by atomic mass is 16.5. The first-order chi connectivity index (χ1) is 9.78. The van der Waals surface area contributed by atoms with Crippen LogP contribution in [-0.4, -0.2) is 23.1 Å². The lowest BCUT2D eigenvalue weighted by Gasteiger charge is -2.08. The smallest absolute Gasteiger partial charge is 0.225 e. The molecule has 2 aromatic rings. The van der Waals surface area contributed by atoms with Gasteiger partial charge in [0.05, 0.1) is 6.61 Å². The molecular weight excluding hydrogens is 252 g/mol. The van der Waals surface area contributed by atoms with Gasteiger partial charge in [-0.15, -0.1) is 0 Å². The first-order valence-corrected chi connectivity index (χ1v) is 6.83. The summed E-state index contributed by atoms with van der Waals surface area (Å²) in [5.41, 5.74) is 6.95. The maximum absolute atomic E-state index is 5.64. The average Bonchev–Trinajstić information content (AvgIpc) is 2.45. The van der Waals surface area contributed by atoms with Gasteiger partial charge in [0.15, 0.2) is 0 Å². The standard InChI is InChI=1S/C15H20N4O/c1-2-17-13-11-14(19-15(16)18-13)20-10-6-9-12-7-4-3-5-8-12/h3-5,7-8,11H,2,6,9-10H2,1H3,(H3,16,17,18,19). The van der Waals surface area contributed by atoms with Gasteiger partial charge in [-0.25, -0.2) is 0 Å². The lowest BCUT2D eigenvalue weighted by molar-refractivity contribution is 0.299. The van der Waals surface area contributed by atoms with E-state index in [1.54, 1.807) is 6.07 Å². The fourth-order valence-electron chi connectivity index (χ4n) is 1.89. The number of hydrogen-bond donors (Lipinski definition) is 2. The summed E-state index contributed by atoms with van der Waals surface area (Å²) in [7, 11) is 0. The second-order valence-electron chi connectivity index (χ2n) is 4.42. The van der Waals surface area contributed by atoms with E-state index in [0.717, 1.165) is 19.4 Å². The summed E-state index contributed by atoms with van der Waals surface area (Å²) in [5.74, 6) is 1.43. The minimum Gasteiger partial charge on any atom is -0.477 e. The SMILES string of the molecule is CCNc1cc(OCCCc2ccccc2)nc(N)n1. The number of nitrogens with one attached hydrogen (secondary N) is 1. The molecule has 0 atom stereocenters. The third kappa shape index (κ3) is 4.42. The molecule has 1 aromatic carbocycles. The zero-order valence-corrected chi connectivity index (χ0v) is 11.7. The van der Waals surface area contributed by atoms with Crippen molar-refractivity contribution in [2.45, 2.75) is 19.8 Å². The minimum absolute atomic E-state index is 0.224. The number of rotatable bonds is 7. The number of aromatic nitrogens is 2. The molecule has 0 saturated heterocycles. The fraction of sp³-hybridized carbons (Fsp3) is 0.333. The van der Waals surface area contributed by atoms with Crippen LogP contribution in [-0.2, 0) is 6.42 Å². The zero-order chi connectivity index (χ0) is 14.2. The van der Waals surface area contributed by atoms with E-state index in [0.29, 0.717) is 18.3 Å². The first-order valence-electron chi connectivity index (χ1n) is 6.83. The average molecular weight is 272 g/mol. The number of benzene rings is 1. The molecule has 20 heavy (non-hydrogen) atoms. The molecule has 0 radical (unpaired) electrons. The molecule has 0 bridgehead atoms. The van der Waals surface area contributed by atoms with Crippen molar-refractivity contribution >= 4 is 11.8 Å². The largest absolute Gasteiger partial charge is 0.477 e. The second-order valence-corrected chi connectivity index (χ2v) is 4.42. The van der Waals surface area contributed by atoms with Gasteiger partial charge >= 0.3 is 0 Å². The van der Waals surface area contributed by atoms with Gasteiger partial charge in [0.25, 0.3) is 0 Å². The molecule has 0 spiro atoms. The van der Waals surface area contributed by atoms with E-state index in [4.69, 9.17) is 10.5 Å². The van der Waals surface area contributed by atoms with Crippen molar-refractivity contribution in [3.05, 3.63) is 42.0 Å². The van der Waals surface area contributed by atoms with E-state index in [1.807, 2.05) is 25.1 Å². The second kappa shape index (κ2) is 7.33. The molecule has 0 unspecified atom stereocenters. The Hall–Kier alpha value is -2.30. The monoisotopic (exact) mass is 272 g/mol. The number of nitrogens with two attached hydrogens (primary N) is 1. The summed E-state index contributed by atoms with van der Waals surface area (Å²) < 4.78 is 5.62. The van der Waals surface area contributed by atoms with E-state index in [9.17, 15) is 0 Å². The Morgan fingerprint density at radius 2 is 2.00 bits per heavy atom. The Bertz CT molecular complexity index is 531. The molecule has 106 valence electrons. The van der Waals surface area contributed by atoms with Gasteiger partial charge in [-0.1, -0.05) is 30.3 Å². The highest BCUT2D eigenvalue weighted by Crippen LogP contribution is 2.15. The summed E-state index contributed by atoms with van der Waals surface area (Å²) in [6.07, 6.45) is 1.92. The Labute approximate surface area is 119 Å². The van der Waals surface area contributed by atoms with Crippen molar-refractivity contribution in [1.82, 2.24) is 9.97 Å². The number of hydrogen-bond acceptors (Lipinski definition) is 5. The van der Waals surface area contributed by atoms with Crippen molar-refractivity contribution in [1.29, 1.82) is 0 Å². The van der Waals surface area contributed by atoms with Gasteiger partial charge in [-0.05, 0) is 25.3 Å². The van der Waals surface area contributed by atoms with Crippen LogP contribution >= 0.6 is 0 Å². The van der Waals surface area contributed by atoms with Crippen LogP contribution in [0, 0.1) is 0 Å². The van der Waals surface area contributed by atoms with Gasteiger partial charge in [-0.3, -0.25) is 0 Å². The topological polar surface area (TPSA) is 73.1 Å². The summed E-state index contributed by atoms with van der Waals surface area (Å²) in [4.78, 5) is 8.14.